The second-order valence-electron chi connectivity index (χ2n) is 4.38. The van der Waals surface area contributed by atoms with E-state index in [1.165, 1.54) is 0 Å². The maximum Gasteiger partial charge on any atom is 0.268 e. The Morgan fingerprint density at radius 3 is 3.06 bits per heavy atom. The summed E-state index contributed by atoms with van der Waals surface area (Å²) < 4.78 is 7.20. The summed E-state index contributed by atoms with van der Waals surface area (Å²) in [6, 6.07) is 5.32. The third-order valence-corrected chi connectivity index (χ3v) is 3.21. The Kier molecular flexibility index (Phi) is 3.60. The molecular weight excluding hydrogens is 216 g/mol. The van der Waals surface area contributed by atoms with E-state index >= 15 is 0 Å². The van der Waals surface area contributed by atoms with Gasteiger partial charge in [0.05, 0.1) is 6.10 Å². The zero-order valence-electron chi connectivity index (χ0n) is 9.98. The van der Waals surface area contributed by atoms with E-state index in [0.717, 1.165) is 31.6 Å². The summed E-state index contributed by atoms with van der Waals surface area (Å²) >= 11 is 0. The fraction of sp³-hybridized carbons (Fsp3) is 0.538. The van der Waals surface area contributed by atoms with Crippen LogP contribution >= 0.6 is 0 Å². The monoisotopic (exact) mass is 232 g/mol. The SMILES string of the molecule is Cc1ccc(C#N)c(=O)n1CCC1CCCO1. The largest absolute Gasteiger partial charge is 0.378 e. The second kappa shape index (κ2) is 5.15. The summed E-state index contributed by atoms with van der Waals surface area (Å²) in [5.41, 5.74) is 0.917. The summed E-state index contributed by atoms with van der Waals surface area (Å²) in [6.45, 7) is 3.35. The van der Waals surface area contributed by atoms with Gasteiger partial charge in [-0.05, 0) is 38.3 Å². The third kappa shape index (κ3) is 2.56. The lowest BCUT2D eigenvalue weighted by Gasteiger charge is -2.13. The molecule has 1 aromatic heterocycles. The van der Waals surface area contributed by atoms with Crippen molar-refractivity contribution >= 4 is 0 Å². The average molecular weight is 232 g/mol. The van der Waals surface area contributed by atoms with Crippen LogP contribution in [0.3, 0.4) is 0 Å². The first kappa shape index (κ1) is 11.9. The number of hydrogen-bond donors (Lipinski definition) is 0. The van der Waals surface area contributed by atoms with Gasteiger partial charge in [-0.15, -0.1) is 0 Å². The molecule has 17 heavy (non-hydrogen) atoms. The Morgan fingerprint density at radius 2 is 2.41 bits per heavy atom. The highest BCUT2D eigenvalue weighted by molar-refractivity contribution is 5.27. The standard InChI is InChI=1S/C13H16N2O2/c1-10-4-5-11(9-14)13(16)15(10)7-6-12-3-2-8-17-12/h4-5,12H,2-3,6-8H2,1H3. The molecule has 1 aliphatic heterocycles. The number of pyridine rings is 1. The van der Waals surface area contributed by atoms with Crippen LogP contribution in [0, 0.1) is 18.3 Å². The van der Waals surface area contributed by atoms with Crippen LogP contribution in [-0.4, -0.2) is 17.3 Å². The van der Waals surface area contributed by atoms with E-state index in [2.05, 4.69) is 0 Å². The van der Waals surface area contributed by atoms with Crippen molar-refractivity contribution in [2.75, 3.05) is 6.61 Å². The molecule has 2 rings (SSSR count). The fourth-order valence-corrected chi connectivity index (χ4v) is 2.18. The molecule has 4 nitrogen and oxygen atoms in total. The first-order valence-electron chi connectivity index (χ1n) is 5.94. The normalized spacial score (nSPS) is 19.2. The van der Waals surface area contributed by atoms with Crippen molar-refractivity contribution in [1.82, 2.24) is 4.57 Å². The molecular formula is C13H16N2O2. The highest BCUT2D eigenvalue weighted by Gasteiger charge is 2.16. The Bertz CT molecular complexity index is 493. The molecule has 1 aliphatic rings. The lowest BCUT2D eigenvalue weighted by molar-refractivity contribution is 0.0999. The number of ether oxygens (including phenoxy) is 1. The number of aryl methyl sites for hydroxylation is 1. The Labute approximate surface area is 100 Å². The molecule has 0 N–H and O–H groups in total. The zero-order valence-corrected chi connectivity index (χ0v) is 9.98. The average Bonchev–Trinajstić information content (AvgIpc) is 2.82. The topological polar surface area (TPSA) is 55.0 Å². The van der Waals surface area contributed by atoms with Gasteiger partial charge in [0.2, 0.25) is 0 Å². The maximum absolute atomic E-state index is 11.9. The van der Waals surface area contributed by atoms with Gasteiger partial charge in [0.15, 0.2) is 0 Å². The van der Waals surface area contributed by atoms with Crippen LogP contribution in [0.2, 0.25) is 0 Å². The summed E-state index contributed by atoms with van der Waals surface area (Å²) in [5, 5.41) is 8.83. The number of aromatic nitrogens is 1. The van der Waals surface area contributed by atoms with Gasteiger partial charge in [0, 0.05) is 18.8 Å². The molecule has 1 aromatic rings. The van der Waals surface area contributed by atoms with Crippen molar-refractivity contribution in [1.29, 1.82) is 5.26 Å². The van der Waals surface area contributed by atoms with E-state index in [-0.39, 0.29) is 17.2 Å². The van der Waals surface area contributed by atoms with Crippen LogP contribution in [0.4, 0.5) is 0 Å². The van der Waals surface area contributed by atoms with Gasteiger partial charge in [0.25, 0.3) is 5.56 Å². The predicted molar refractivity (Wildman–Crippen MR) is 63.7 cm³/mol. The summed E-state index contributed by atoms with van der Waals surface area (Å²) in [7, 11) is 0. The number of hydrogen-bond acceptors (Lipinski definition) is 3. The van der Waals surface area contributed by atoms with Gasteiger partial charge < -0.3 is 9.30 Å². The molecule has 1 fully saturated rings. The van der Waals surface area contributed by atoms with Gasteiger partial charge >= 0.3 is 0 Å². The molecule has 1 atom stereocenters. The number of rotatable bonds is 3. The summed E-state index contributed by atoms with van der Waals surface area (Å²) in [5.74, 6) is 0. The van der Waals surface area contributed by atoms with E-state index in [9.17, 15) is 4.79 Å². The first-order valence-corrected chi connectivity index (χ1v) is 5.94. The molecule has 0 bridgehead atoms. The third-order valence-electron chi connectivity index (χ3n) is 3.21. The molecule has 0 aromatic carbocycles. The van der Waals surface area contributed by atoms with Crippen LogP contribution < -0.4 is 5.56 Å². The predicted octanol–water partition coefficient (Wildman–Crippen LogP) is 1.60. The molecule has 0 aliphatic carbocycles. The van der Waals surface area contributed by atoms with Crippen LogP contribution in [0.1, 0.15) is 30.5 Å². The summed E-state index contributed by atoms with van der Waals surface area (Å²) in [4.78, 5) is 11.9. The number of nitrogens with zero attached hydrogens (tertiary/aromatic N) is 2. The molecule has 90 valence electrons. The van der Waals surface area contributed by atoms with E-state index in [0.29, 0.717) is 6.54 Å². The molecule has 0 radical (unpaired) electrons. The van der Waals surface area contributed by atoms with Gasteiger partial charge in [0.1, 0.15) is 11.6 Å². The molecule has 4 heteroatoms. The van der Waals surface area contributed by atoms with Gasteiger partial charge in [-0.2, -0.15) is 5.26 Å². The molecule has 1 unspecified atom stereocenters. The van der Waals surface area contributed by atoms with Crippen molar-refractivity contribution in [3.05, 3.63) is 33.7 Å². The van der Waals surface area contributed by atoms with Crippen molar-refractivity contribution in [3.63, 3.8) is 0 Å². The molecule has 2 heterocycles. The maximum atomic E-state index is 11.9. The Hall–Kier alpha value is -1.60. The highest BCUT2D eigenvalue weighted by atomic mass is 16.5. The van der Waals surface area contributed by atoms with Crippen molar-refractivity contribution < 1.29 is 4.74 Å². The van der Waals surface area contributed by atoms with E-state index in [4.69, 9.17) is 10.00 Å². The van der Waals surface area contributed by atoms with Crippen molar-refractivity contribution in [2.45, 2.75) is 38.8 Å². The molecule has 0 saturated carbocycles. The van der Waals surface area contributed by atoms with E-state index in [1.54, 1.807) is 10.6 Å². The fourth-order valence-electron chi connectivity index (χ4n) is 2.18. The lowest BCUT2D eigenvalue weighted by atomic mass is 10.1. The van der Waals surface area contributed by atoms with E-state index in [1.807, 2.05) is 19.1 Å². The number of nitriles is 1. The highest BCUT2D eigenvalue weighted by Crippen LogP contribution is 2.16. The van der Waals surface area contributed by atoms with Gasteiger partial charge in [-0.1, -0.05) is 0 Å². The van der Waals surface area contributed by atoms with Crippen LogP contribution in [0.15, 0.2) is 16.9 Å². The van der Waals surface area contributed by atoms with Gasteiger partial charge in [-0.3, -0.25) is 4.79 Å². The minimum atomic E-state index is -0.189. The second-order valence-corrected chi connectivity index (χ2v) is 4.38. The lowest BCUT2D eigenvalue weighted by Crippen LogP contribution is -2.26. The van der Waals surface area contributed by atoms with Crippen LogP contribution in [0.25, 0.3) is 0 Å². The van der Waals surface area contributed by atoms with Crippen LogP contribution in [0.5, 0.6) is 0 Å². The van der Waals surface area contributed by atoms with Crippen LogP contribution in [-0.2, 0) is 11.3 Å². The van der Waals surface area contributed by atoms with E-state index < -0.39 is 0 Å². The smallest absolute Gasteiger partial charge is 0.268 e. The molecule has 0 spiro atoms. The minimum Gasteiger partial charge on any atom is -0.378 e. The van der Waals surface area contributed by atoms with Crippen molar-refractivity contribution in [2.24, 2.45) is 0 Å². The Balaban J connectivity index is 2.14. The van der Waals surface area contributed by atoms with Gasteiger partial charge in [-0.25, -0.2) is 0 Å². The zero-order chi connectivity index (χ0) is 12.3. The molecule has 1 saturated heterocycles. The minimum absolute atomic E-state index is 0.189. The Morgan fingerprint density at radius 1 is 1.59 bits per heavy atom. The quantitative estimate of drug-likeness (QED) is 0.795. The molecule has 0 amide bonds. The van der Waals surface area contributed by atoms with Crippen molar-refractivity contribution in [3.8, 4) is 6.07 Å². The summed E-state index contributed by atoms with van der Waals surface area (Å²) in [6.07, 6.45) is 3.30. The first-order chi connectivity index (χ1) is 8.22.